The summed E-state index contributed by atoms with van der Waals surface area (Å²) in [6, 6.07) is 18.1. The number of aliphatic imine (C=N–C) groups is 2. The van der Waals surface area contributed by atoms with Crippen molar-refractivity contribution in [1.82, 2.24) is 15.1 Å². The minimum Gasteiger partial charge on any atom is -0.497 e. The predicted molar refractivity (Wildman–Crippen MR) is 246 cm³/mol. The molecule has 4 atom stereocenters. The number of amides is 4. The number of nitrogens with zero attached hydrogens (tertiary/aromatic N) is 4. The molecule has 4 aromatic rings. The van der Waals surface area contributed by atoms with Gasteiger partial charge < -0.3 is 49.9 Å². The van der Waals surface area contributed by atoms with Gasteiger partial charge in [0, 0.05) is 55.8 Å². The van der Waals surface area contributed by atoms with Gasteiger partial charge in [0.05, 0.1) is 75.2 Å². The van der Waals surface area contributed by atoms with Crippen molar-refractivity contribution in [2.75, 3.05) is 39.9 Å². The van der Waals surface area contributed by atoms with Gasteiger partial charge in [-0.15, -0.1) is 0 Å². The van der Waals surface area contributed by atoms with E-state index in [1.165, 1.54) is 14.2 Å². The Morgan fingerprint density at radius 2 is 1.37 bits per heavy atom. The van der Waals surface area contributed by atoms with Crippen LogP contribution in [-0.2, 0) is 22.6 Å². The Balaban J connectivity index is 0.869. The molecule has 4 aromatic carbocycles. The molecule has 16 nitrogen and oxygen atoms in total. The van der Waals surface area contributed by atoms with E-state index < -0.39 is 12.1 Å². The Morgan fingerprint density at radius 3 is 1.98 bits per heavy atom. The highest BCUT2D eigenvalue weighted by molar-refractivity contribution is 6.06. The average Bonchev–Trinajstić information content (AvgIpc) is 3.64. The fourth-order valence-electron chi connectivity index (χ4n) is 8.18. The van der Waals surface area contributed by atoms with Crippen molar-refractivity contribution in [1.29, 1.82) is 0 Å². The quantitative estimate of drug-likeness (QED) is 0.115. The molecule has 4 heterocycles. The van der Waals surface area contributed by atoms with Crippen molar-refractivity contribution < 1.29 is 42.9 Å². The summed E-state index contributed by atoms with van der Waals surface area (Å²) in [5.74, 6) is 1.28. The molecule has 0 bridgehead atoms. The molecule has 0 spiro atoms. The Kier molecular flexibility index (Phi) is 12.9. The number of hydrogen-bond donors (Lipinski definition) is 3. The SMILES string of the molecule is COc1ccc2c(c1)CN1C(=O)c3cc(OC)c(OCCCOc4cc5c(cc4OC)C(=O)N4C=C(c6ccc(NC(=O)[C@H](C)NC(=O)[C@@H](N)C(C)C)cc6)C[C@H]4C=N5)cc3N=C[C@@H]1C2. The van der Waals surface area contributed by atoms with Crippen LogP contribution < -0.4 is 40.1 Å². The van der Waals surface area contributed by atoms with Crippen LogP contribution in [0.5, 0.6) is 28.7 Å². The van der Waals surface area contributed by atoms with Crippen molar-refractivity contribution >= 4 is 58.7 Å². The minimum atomic E-state index is -0.776. The number of anilines is 1. The predicted octanol–water partition coefficient (Wildman–Crippen LogP) is 6.24. The number of hydrogen-bond acceptors (Lipinski definition) is 12. The molecular weight excluding hydrogens is 831 g/mol. The third-order valence-electron chi connectivity index (χ3n) is 12.1. The maximum Gasteiger partial charge on any atom is 0.260 e. The molecule has 4 aliphatic heterocycles. The summed E-state index contributed by atoms with van der Waals surface area (Å²) in [5.41, 5.74) is 12.3. The second-order valence-corrected chi connectivity index (χ2v) is 16.7. The molecular formula is C49H53N7O9. The van der Waals surface area contributed by atoms with Crippen LogP contribution in [0.25, 0.3) is 5.57 Å². The van der Waals surface area contributed by atoms with E-state index in [1.807, 2.05) is 61.5 Å². The Labute approximate surface area is 377 Å². The zero-order valence-corrected chi connectivity index (χ0v) is 37.3. The van der Waals surface area contributed by atoms with E-state index in [0.29, 0.717) is 77.0 Å². The lowest BCUT2D eigenvalue weighted by molar-refractivity contribution is -0.127. The van der Waals surface area contributed by atoms with E-state index in [-0.39, 0.29) is 54.8 Å². The van der Waals surface area contributed by atoms with Gasteiger partial charge in [0.25, 0.3) is 11.8 Å². The van der Waals surface area contributed by atoms with Gasteiger partial charge in [-0.05, 0) is 77.9 Å². The van der Waals surface area contributed by atoms with Crippen LogP contribution >= 0.6 is 0 Å². The van der Waals surface area contributed by atoms with Gasteiger partial charge in [0.1, 0.15) is 11.8 Å². The van der Waals surface area contributed by atoms with E-state index in [4.69, 9.17) is 39.4 Å². The average molecular weight is 884 g/mol. The Hall–Kier alpha value is -7.20. The van der Waals surface area contributed by atoms with E-state index in [2.05, 4.69) is 10.6 Å². The third kappa shape index (κ3) is 9.25. The summed E-state index contributed by atoms with van der Waals surface area (Å²) in [4.78, 5) is 65.9. The molecule has 0 aliphatic carbocycles. The van der Waals surface area contributed by atoms with Gasteiger partial charge >= 0.3 is 0 Å². The van der Waals surface area contributed by atoms with Crippen molar-refractivity contribution in [2.24, 2.45) is 21.6 Å². The summed E-state index contributed by atoms with van der Waals surface area (Å²) >= 11 is 0. The number of nitrogens with one attached hydrogen (secondary N) is 2. The van der Waals surface area contributed by atoms with Crippen LogP contribution in [0.15, 0.2) is 82.9 Å². The second-order valence-electron chi connectivity index (χ2n) is 16.7. The molecule has 65 heavy (non-hydrogen) atoms. The fraction of sp³-hybridized carbons (Fsp3) is 0.347. The number of rotatable bonds is 15. The highest BCUT2D eigenvalue weighted by Gasteiger charge is 2.35. The number of nitrogens with two attached hydrogens (primary N) is 1. The minimum absolute atomic E-state index is 0.0592. The lowest BCUT2D eigenvalue weighted by Gasteiger charge is -2.34. The van der Waals surface area contributed by atoms with Gasteiger partial charge in [0.15, 0.2) is 23.0 Å². The lowest BCUT2D eigenvalue weighted by Crippen LogP contribution is -2.50. The van der Waals surface area contributed by atoms with Gasteiger partial charge in [0.2, 0.25) is 11.8 Å². The second kappa shape index (κ2) is 18.9. The lowest BCUT2D eigenvalue weighted by atomic mass is 9.94. The van der Waals surface area contributed by atoms with E-state index in [9.17, 15) is 19.2 Å². The Morgan fingerprint density at radius 1 is 0.738 bits per heavy atom. The fourth-order valence-corrected chi connectivity index (χ4v) is 8.18. The number of fused-ring (bicyclic) bond motifs is 5. The largest absolute Gasteiger partial charge is 0.497 e. The number of ether oxygens (including phenoxy) is 5. The van der Waals surface area contributed by atoms with Gasteiger partial charge in [-0.2, -0.15) is 0 Å². The zero-order valence-electron chi connectivity index (χ0n) is 37.3. The summed E-state index contributed by atoms with van der Waals surface area (Å²) < 4.78 is 29.1. The zero-order chi connectivity index (χ0) is 45.9. The van der Waals surface area contributed by atoms with Gasteiger partial charge in [-0.25, -0.2) is 0 Å². The number of methoxy groups -OCH3 is 3. The molecule has 8 rings (SSSR count). The van der Waals surface area contributed by atoms with E-state index >= 15 is 0 Å². The number of carbonyl (C=O) groups excluding carboxylic acids is 4. The smallest absolute Gasteiger partial charge is 0.260 e. The molecule has 0 saturated carbocycles. The monoisotopic (exact) mass is 883 g/mol. The highest BCUT2D eigenvalue weighted by atomic mass is 16.5. The van der Waals surface area contributed by atoms with E-state index in [1.54, 1.807) is 61.5 Å². The first-order valence-corrected chi connectivity index (χ1v) is 21.6. The molecule has 0 fully saturated rings. The highest BCUT2D eigenvalue weighted by Crippen LogP contribution is 2.41. The van der Waals surface area contributed by atoms with Crippen molar-refractivity contribution in [3.8, 4) is 28.7 Å². The van der Waals surface area contributed by atoms with E-state index in [0.717, 1.165) is 28.0 Å². The van der Waals surface area contributed by atoms with Crippen LogP contribution in [0.3, 0.4) is 0 Å². The summed E-state index contributed by atoms with van der Waals surface area (Å²) in [6.45, 7) is 6.28. The molecule has 0 radical (unpaired) electrons. The van der Waals surface area contributed by atoms with Crippen LogP contribution in [0, 0.1) is 5.92 Å². The molecule has 16 heteroatoms. The molecule has 0 aromatic heterocycles. The first kappa shape index (κ1) is 44.4. The maximum atomic E-state index is 14.0. The number of benzene rings is 4. The molecule has 0 unspecified atom stereocenters. The molecule has 338 valence electrons. The van der Waals surface area contributed by atoms with Crippen molar-refractivity contribution in [3.63, 3.8) is 0 Å². The first-order chi connectivity index (χ1) is 31.3. The van der Waals surface area contributed by atoms with Crippen LogP contribution in [0.1, 0.15) is 71.0 Å². The normalized spacial score (nSPS) is 17.9. The molecule has 4 N–H and O–H groups in total. The standard InChI is InChI=1S/C49H53N7O9/c1-27(2)45(50)47(58)53-28(3)46(57)54-33-11-8-29(9-12-33)31-17-35-24-52-40-22-44(41(62-5)19-37(40)48(59)55(35)25-31)65-15-7-14-64-43-21-39-38(20-42(43)63-6)49(60)56-26-32-18-36(61-4)13-10-30(32)16-34(56)23-51-39/h8-13,18-25,27-28,34-35,45H,7,14-17,26,50H2,1-6H3,(H,53,58)(H,54,57)/t28-,34-,35-,45-/m0/s1. The summed E-state index contributed by atoms with van der Waals surface area (Å²) in [5, 5.41) is 5.49. The number of carbonyl (C=O) groups is 4. The van der Waals surface area contributed by atoms with Gasteiger partial charge in [-0.3, -0.25) is 29.2 Å². The van der Waals surface area contributed by atoms with Crippen molar-refractivity contribution in [3.05, 3.63) is 101 Å². The topological polar surface area (TPSA) is 196 Å². The van der Waals surface area contributed by atoms with Gasteiger partial charge in [-0.1, -0.05) is 32.0 Å². The van der Waals surface area contributed by atoms with Crippen LogP contribution in [0.4, 0.5) is 17.1 Å². The summed E-state index contributed by atoms with van der Waals surface area (Å²) in [6.07, 6.45) is 7.11. The van der Waals surface area contributed by atoms with Crippen LogP contribution in [0.2, 0.25) is 0 Å². The molecule has 0 saturated heterocycles. The summed E-state index contributed by atoms with van der Waals surface area (Å²) in [7, 11) is 4.68. The maximum absolute atomic E-state index is 14.0. The molecule has 4 amide bonds. The third-order valence-corrected chi connectivity index (χ3v) is 12.1. The van der Waals surface area contributed by atoms with Crippen molar-refractivity contribution in [2.45, 2.75) is 70.7 Å². The Bertz CT molecular complexity index is 2610. The van der Waals surface area contributed by atoms with Crippen LogP contribution in [-0.4, -0.2) is 105 Å². The first-order valence-electron chi connectivity index (χ1n) is 21.6. The molecule has 4 aliphatic rings.